The zero-order valence-electron chi connectivity index (χ0n) is 12.1. The molecule has 9 heteroatoms. The fourth-order valence-electron chi connectivity index (χ4n) is 1.94. The van der Waals surface area contributed by atoms with Gasteiger partial charge in [0.25, 0.3) is 5.78 Å². The largest absolute Gasteiger partial charge is 0.251 e. The van der Waals surface area contributed by atoms with Gasteiger partial charge in [-0.25, -0.2) is 27.6 Å². The van der Waals surface area contributed by atoms with Gasteiger partial charge in [0.2, 0.25) is 10.0 Å². The van der Waals surface area contributed by atoms with Crippen molar-refractivity contribution >= 4 is 27.1 Å². The number of nitrogens with one attached hydrogen (secondary N) is 1. The number of aromatic nitrogens is 4. The van der Waals surface area contributed by atoms with E-state index in [1.807, 2.05) is 13.8 Å². The molecule has 0 fully saturated rings. The molecular formula is C13H15N5O2S2. The zero-order valence-corrected chi connectivity index (χ0v) is 13.8. The number of hydrogen-bond donors (Lipinski definition) is 1. The standard InChI is InChI=1S/C13H15N5O2S2/c1-9-10(2)17-18-8-11(16-13(18)15-9)5-6-14-22(19,20)12-4-3-7-21-12/h3-4,7-8,14H,5-6H2,1-2H3. The molecule has 0 radical (unpaired) electrons. The van der Waals surface area contributed by atoms with Gasteiger partial charge in [-0.15, -0.1) is 11.3 Å². The van der Waals surface area contributed by atoms with E-state index in [0.717, 1.165) is 17.1 Å². The van der Waals surface area contributed by atoms with E-state index in [1.54, 1.807) is 28.2 Å². The molecule has 3 heterocycles. The summed E-state index contributed by atoms with van der Waals surface area (Å²) in [6.07, 6.45) is 2.25. The lowest BCUT2D eigenvalue weighted by atomic mass is 10.3. The summed E-state index contributed by atoms with van der Waals surface area (Å²) in [5, 5.41) is 6.08. The van der Waals surface area contributed by atoms with Crippen molar-refractivity contribution in [1.82, 2.24) is 24.3 Å². The predicted molar refractivity (Wildman–Crippen MR) is 83.5 cm³/mol. The maximum absolute atomic E-state index is 12.0. The van der Waals surface area contributed by atoms with Crippen LogP contribution in [-0.4, -0.2) is 34.5 Å². The van der Waals surface area contributed by atoms with Crippen LogP contribution >= 0.6 is 11.3 Å². The first-order valence-electron chi connectivity index (χ1n) is 6.68. The molecule has 116 valence electrons. The minimum absolute atomic E-state index is 0.280. The molecule has 0 atom stereocenters. The molecule has 1 N–H and O–H groups in total. The van der Waals surface area contributed by atoms with E-state index in [4.69, 9.17) is 0 Å². The molecule has 3 aromatic rings. The van der Waals surface area contributed by atoms with Gasteiger partial charge in [0.15, 0.2) is 0 Å². The van der Waals surface area contributed by atoms with Crippen LogP contribution in [0, 0.1) is 13.8 Å². The van der Waals surface area contributed by atoms with Crippen LogP contribution in [0.3, 0.4) is 0 Å². The molecule has 0 spiro atoms. The first kappa shape index (κ1) is 15.1. The van der Waals surface area contributed by atoms with Crippen molar-refractivity contribution in [3.63, 3.8) is 0 Å². The van der Waals surface area contributed by atoms with Crippen LogP contribution in [0.1, 0.15) is 17.1 Å². The third-order valence-electron chi connectivity index (χ3n) is 3.20. The minimum Gasteiger partial charge on any atom is -0.215 e. The van der Waals surface area contributed by atoms with Crippen LogP contribution in [0.5, 0.6) is 0 Å². The van der Waals surface area contributed by atoms with Gasteiger partial charge in [0.1, 0.15) is 4.21 Å². The third-order valence-corrected chi connectivity index (χ3v) is 6.06. The van der Waals surface area contributed by atoms with E-state index in [1.165, 1.54) is 11.3 Å². The highest BCUT2D eigenvalue weighted by atomic mass is 32.2. The Morgan fingerprint density at radius 2 is 2.09 bits per heavy atom. The lowest BCUT2D eigenvalue weighted by Crippen LogP contribution is -2.25. The summed E-state index contributed by atoms with van der Waals surface area (Å²) >= 11 is 1.19. The van der Waals surface area contributed by atoms with E-state index >= 15 is 0 Å². The van der Waals surface area contributed by atoms with E-state index < -0.39 is 10.0 Å². The van der Waals surface area contributed by atoms with E-state index in [0.29, 0.717) is 16.4 Å². The van der Waals surface area contributed by atoms with E-state index in [9.17, 15) is 8.42 Å². The zero-order chi connectivity index (χ0) is 15.7. The van der Waals surface area contributed by atoms with Crippen molar-refractivity contribution < 1.29 is 8.42 Å². The second kappa shape index (κ2) is 5.75. The van der Waals surface area contributed by atoms with Crippen LogP contribution in [0.15, 0.2) is 27.9 Å². The number of thiophene rings is 1. The summed E-state index contributed by atoms with van der Waals surface area (Å²) in [5.74, 6) is 0.527. The fraction of sp³-hybridized carbons (Fsp3) is 0.308. The number of hydrogen-bond acceptors (Lipinski definition) is 6. The molecule has 0 saturated carbocycles. The number of imidazole rings is 1. The Morgan fingerprint density at radius 1 is 1.27 bits per heavy atom. The topological polar surface area (TPSA) is 89.2 Å². The molecule has 0 amide bonds. The maximum atomic E-state index is 12.0. The highest BCUT2D eigenvalue weighted by Gasteiger charge is 2.14. The number of sulfonamides is 1. The number of rotatable bonds is 5. The van der Waals surface area contributed by atoms with Crippen molar-refractivity contribution in [2.24, 2.45) is 0 Å². The predicted octanol–water partition coefficient (Wildman–Crippen LogP) is 1.32. The first-order chi connectivity index (χ1) is 10.5. The smallest absolute Gasteiger partial charge is 0.215 e. The SMILES string of the molecule is Cc1nc2nc(CCNS(=O)(=O)c3cccs3)cn2nc1C. The number of aryl methyl sites for hydroxylation is 2. The summed E-state index contributed by atoms with van der Waals surface area (Å²) in [6, 6.07) is 3.29. The quantitative estimate of drug-likeness (QED) is 0.758. The highest BCUT2D eigenvalue weighted by molar-refractivity contribution is 7.91. The van der Waals surface area contributed by atoms with Crippen molar-refractivity contribution in [1.29, 1.82) is 0 Å². The van der Waals surface area contributed by atoms with Gasteiger partial charge in [0, 0.05) is 13.0 Å². The molecular weight excluding hydrogens is 322 g/mol. The minimum atomic E-state index is -3.43. The van der Waals surface area contributed by atoms with Crippen LogP contribution in [0.2, 0.25) is 0 Å². The van der Waals surface area contributed by atoms with Crippen molar-refractivity contribution in [2.45, 2.75) is 24.5 Å². The van der Waals surface area contributed by atoms with Crippen molar-refractivity contribution in [3.05, 3.63) is 40.8 Å². The molecule has 3 aromatic heterocycles. The number of fused-ring (bicyclic) bond motifs is 1. The summed E-state index contributed by atoms with van der Waals surface area (Å²) in [4.78, 5) is 8.70. The summed E-state index contributed by atoms with van der Waals surface area (Å²) in [5.41, 5.74) is 2.43. The van der Waals surface area contributed by atoms with Gasteiger partial charge in [-0.1, -0.05) is 6.07 Å². The Hall–Kier alpha value is -1.84. The van der Waals surface area contributed by atoms with Crippen molar-refractivity contribution in [2.75, 3.05) is 6.54 Å². The average Bonchev–Trinajstić information content (AvgIpc) is 3.09. The average molecular weight is 337 g/mol. The Morgan fingerprint density at radius 3 is 2.82 bits per heavy atom. The number of nitrogens with zero attached hydrogens (tertiary/aromatic N) is 4. The molecule has 7 nitrogen and oxygen atoms in total. The lowest BCUT2D eigenvalue weighted by Gasteiger charge is -2.02. The summed E-state index contributed by atoms with van der Waals surface area (Å²) in [6.45, 7) is 4.05. The second-order valence-electron chi connectivity index (χ2n) is 4.84. The van der Waals surface area contributed by atoms with Gasteiger partial charge in [-0.2, -0.15) is 5.10 Å². The Bertz CT molecular complexity index is 861. The molecule has 0 aromatic carbocycles. The summed E-state index contributed by atoms with van der Waals surface area (Å²) < 4.78 is 28.5. The third kappa shape index (κ3) is 3.01. The molecule has 0 unspecified atom stereocenters. The van der Waals surface area contributed by atoms with E-state index in [2.05, 4.69) is 19.8 Å². The van der Waals surface area contributed by atoms with Gasteiger partial charge in [-0.3, -0.25) is 0 Å². The second-order valence-corrected chi connectivity index (χ2v) is 7.78. The fourth-order valence-corrected chi connectivity index (χ4v) is 4.01. The Kier molecular flexibility index (Phi) is 3.94. The van der Waals surface area contributed by atoms with Crippen LogP contribution in [0.4, 0.5) is 0 Å². The van der Waals surface area contributed by atoms with Gasteiger partial charge in [0.05, 0.1) is 23.3 Å². The Balaban J connectivity index is 1.69. The van der Waals surface area contributed by atoms with Gasteiger partial charge in [-0.05, 0) is 25.3 Å². The molecule has 0 saturated heterocycles. The highest BCUT2D eigenvalue weighted by Crippen LogP contribution is 2.15. The van der Waals surface area contributed by atoms with Gasteiger partial charge < -0.3 is 0 Å². The van der Waals surface area contributed by atoms with Crippen LogP contribution < -0.4 is 4.72 Å². The summed E-state index contributed by atoms with van der Waals surface area (Å²) in [7, 11) is -3.43. The van der Waals surface area contributed by atoms with Crippen molar-refractivity contribution in [3.8, 4) is 0 Å². The van der Waals surface area contributed by atoms with E-state index in [-0.39, 0.29) is 6.54 Å². The monoisotopic (exact) mass is 337 g/mol. The van der Waals surface area contributed by atoms with Crippen LogP contribution in [-0.2, 0) is 16.4 Å². The first-order valence-corrected chi connectivity index (χ1v) is 9.05. The molecule has 0 aliphatic rings. The Labute approximate surface area is 132 Å². The molecule has 22 heavy (non-hydrogen) atoms. The molecule has 3 rings (SSSR count). The maximum Gasteiger partial charge on any atom is 0.251 e. The molecule has 0 aliphatic carbocycles. The molecule has 0 aliphatic heterocycles. The van der Waals surface area contributed by atoms with Crippen LogP contribution in [0.25, 0.3) is 5.78 Å². The molecule has 0 bridgehead atoms. The lowest BCUT2D eigenvalue weighted by molar-refractivity contribution is 0.583. The normalized spacial score (nSPS) is 12.1. The van der Waals surface area contributed by atoms with Gasteiger partial charge >= 0.3 is 0 Å².